The molecule has 0 bridgehead atoms. The van der Waals surface area contributed by atoms with Crippen molar-refractivity contribution in [3.63, 3.8) is 0 Å². The highest BCUT2D eigenvalue weighted by atomic mass is 19.4. The van der Waals surface area contributed by atoms with Gasteiger partial charge in [-0.2, -0.15) is 18.3 Å². The Morgan fingerprint density at radius 1 is 1.00 bits per heavy atom. The van der Waals surface area contributed by atoms with Crippen molar-refractivity contribution in [1.29, 1.82) is 0 Å². The first-order valence-corrected chi connectivity index (χ1v) is 15.8. The number of piperidine rings is 1. The van der Waals surface area contributed by atoms with E-state index < -0.39 is 23.5 Å². The monoisotopic (exact) mass is 666 g/mol. The minimum atomic E-state index is -4.45. The van der Waals surface area contributed by atoms with Crippen LogP contribution in [0.25, 0.3) is 10.9 Å². The van der Waals surface area contributed by atoms with Crippen LogP contribution in [0.1, 0.15) is 49.8 Å². The number of rotatable bonds is 12. The average molecular weight is 667 g/mol. The molecule has 5 rings (SSSR count). The second kappa shape index (κ2) is 15.5. The fraction of sp³-hybridized carbons (Fsp3) is 0.361. The van der Waals surface area contributed by atoms with Crippen molar-refractivity contribution >= 4 is 22.5 Å². The normalized spacial score (nSPS) is 14.6. The summed E-state index contributed by atoms with van der Waals surface area (Å²) in [6.45, 7) is 7.61. The van der Waals surface area contributed by atoms with Gasteiger partial charge in [0.1, 0.15) is 5.75 Å². The lowest BCUT2D eigenvalue weighted by Gasteiger charge is -2.30. The zero-order valence-electron chi connectivity index (χ0n) is 27.1. The number of alkyl halides is 3. The predicted octanol–water partition coefficient (Wildman–Crippen LogP) is 7.78. The highest BCUT2D eigenvalue weighted by molar-refractivity contribution is 5.99. The van der Waals surface area contributed by atoms with Crippen LogP contribution in [0, 0.1) is 11.7 Å². The number of likely N-dealkylation sites (tertiary alicyclic amines) is 1. The van der Waals surface area contributed by atoms with Crippen LogP contribution in [0.2, 0.25) is 0 Å². The number of benzene rings is 3. The molecule has 0 radical (unpaired) electrons. The number of hydrogen-bond acceptors (Lipinski definition) is 7. The maximum Gasteiger partial charge on any atom is 0.416 e. The van der Waals surface area contributed by atoms with Crippen LogP contribution in [-0.4, -0.2) is 54.9 Å². The molecule has 1 aromatic heterocycles. The number of halogens is 4. The number of nitrogens with one attached hydrogen (secondary N) is 1. The van der Waals surface area contributed by atoms with Gasteiger partial charge < -0.3 is 19.1 Å². The molecule has 1 fully saturated rings. The Kier molecular flexibility index (Phi) is 11.2. The number of ether oxygens (including phenoxy) is 3. The smallest absolute Gasteiger partial charge is 0.416 e. The minimum absolute atomic E-state index is 0.0470. The van der Waals surface area contributed by atoms with E-state index in [4.69, 9.17) is 14.2 Å². The average Bonchev–Trinajstić information content (AvgIpc) is 3.07. The number of hydrazone groups is 1. The Balaban J connectivity index is 1.19. The topological polar surface area (TPSA) is 85.3 Å². The predicted molar refractivity (Wildman–Crippen MR) is 175 cm³/mol. The number of amides is 1. The number of fused-ring (bicyclic) bond motifs is 1. The molecule has 1 aliphatic heterocycles. The van der Waals surface area contributed by atoms with Crippen molar-refractivity contribution in [2.75, 3.05) is 33.4 Å². The van der Waals surface area contributed by atoms with Gasteiger partial charge in [0.25, 0.3) is 0 Å². The van der Waals surface area contributed by atoms with Crippen molar-refractivity contribution < 1.29 is 36.6 Å². The molecule has 0 saturated carbocycles. The molecule has 1 aliphatic rings. The van der Waals surface area contributed by atoms with E-state index in [0.717, 1.165) is 44.1 Å². The lowest BCUT2D eigenvalue weighted by molar-refractivity contribution is -0.137. The molecular formula is C36H38F4N4O4. The maximum absolute atomic E-state index is 15.1. The summed E-state index contributed by atoms with van der Waals surface area (Å²) in [6.07, 6.45) is 0.284. The number of pyridine rings is 1. The summed E-state index contributed by atoms with van der Waals surface area (Å²) < 4.78 is 71.2. The van der Waals surface area contributed by atoms with Crippen LogP contribution in [0.15, 0.2) is 72.0 Å². The van der Waals surface area contributed by atoms with E-state index in [2.05, 4.69) is 27.3 Å². The summed E-state index contributed by atoms with van der Waals surface area (Å²) in [5.41, 5.74) is 3.27. The minimum Gasteiger partial charge on any atom is -0.493 e. The third-order valence-electron chi connectivity index (χ3n) is 8.30. The summed E-state index contributed by atoms with van der Waals surface area (Å²) in [5, 5.41) is 4.56. The van der Waals surface area contributed by atoms with Crippen LogP contribution in [0.4, 0.5) is 17.6 Å². The number of carbonyl (C=O) groups excluding carboxylic acids is 1. The van der Waals surface area contributed by atoms with Crippen LogP contribution < -0.4 is 19.6 Å². The highest BCUT2D eigenvalue weighted by Crippen LogP contribution is 2.38. The summed E-state index contributed by atoms with van der Waals surface area (Å²) in [6, 6.07) is 13.8. The molecule has 3 aromatic carbocycles. The number of methoxy groups -OCH3 is 1. The SMILES string of the molecule is COc1cc2c(Oc3ccc(CC(=O)N/N=C(/C)c4ccc(C(F)(F)F)cc4)cc3F)ccnc2cc1OCCCN1CCC(C)CC1. The Labute approximate surface area is 276 Å². The van der Waals surface area contributed by atoms with Crippen LogP contribution >= 0.6 is 0 Å². The van der Waals surface area contributed by atoms with E-state index >= 15 is 4.39 Å². The highest BCUT2D eigenvalue weighted by Gasteiger charge is 2.30. The molecular weight excluding hydrogens is 628 g/mol. The molecule has 2 heterocycles. The molecule has 12 heteroatoms. The first-order chi connectivity index (χ1) is 23.0. The van der Waals surface area contributed by atoms with E-state index in [1.165, 1.54) is 37.1 Å². The molecule has 1 amide bonds. The molecule has 4 aromatic rings. The van der Waals surface area contributed by atoms with Gasteiger partial charge in [0, 0.05) is 24.2 Å². The first kappa shape index (κ1) is 34.6. The quantitative estimate of drug-likeness (QED) is 0.0720. The first-order valence-electron chi connectivity index (χ1n) is 15.8. The zero-order valence-corrected chi connectivity index (χ0v) is 27.1. The van der Waals surface area contributed by atoms with Gasteiger partial charge in [0.15, 0.2) is 23.1 Å². The van der Waals surface area contributed by atoms with Crippen molar-refractivity contribution in [2.24, 2.45) is 11.0 Å². The van der Waals surface area contributed by atoms with Crippen molar-refractivity contribution in [3.05, 3.63) is 89.4 Å². The van der Waals surface area contributed by atoms with Gasteiger partial charge in [0.2, 0.25) is 5.91 Å². The van der Waals surface area contributed by atoms with Gasteiger partial charge in [-0.15, -0.1) is 0 Å². The molecule has 254 valence electrons. The molecule has 48 heavy (non-hydrogen) atoms. The molecule has 0 atom stereocenters. The standard InChI is InChI=1S/C36H38F4N4O4/c1-23-12-16-44(17-13-23)15-4-18-47-34-22-30-28(21-33(34)46-3)31(11-14-41-30)48-32-10-5-25(19-29(32)37)20-35(45)43-42-24(2)26-6-8-27(9-7-26)36(38,39)40/h5-11,14,19,21-23H,4,12-13,15-18,20H2,1-3H3,(H,43,45)/b42-24-. The summed E-state index contributed by atoms with van der Waals surface area (Å²) in [5.74, 6) is 0.974. The molecule has 0 unspecified atom stereocenters. The third-order valence-corrected chi connectivity index (χ3v) is 8.30. The third kappa shape index (κ3) is 9.00. The van der Waals surface area contributed by atoms with Gasteiger partial charge in [-0.25, -0.2) is 9.82 Å². The lowest BCUT2D eigenvalue weighted by atomic mass is 9.99. The van der Waals surface area contributed by atoms with Crippen molar-refractivity contribution in [3.8, 4) is 23.0 Å². The fourth-order valence-electron chi connectivity index (χ4n) is 5.44. The van der Waals surface area contributed by atoms with E-state index in [-0.39, 0.29) is 12.2 Å². The van der Waals surface area contributed by atoms with Crippen LogP contribution in [0.3, 0.4) is 0 Å². The van der Waals surface area contributed by atoms with Crippen molar-refractivity contribution in [1.82, 2.24) is 15.3 Å². The Hall–Kier alpha value is -4.71. The molecule has 8 nitrogen and oxygen atoms in total. The number of hydrogen-bond donors (Lipinski definition) is 1. The second-order valence-corrected chi connectivity index (χ2v) is 11.9. The largest absolute Gasteiger partial charge is 0.493 e. The summed E-state index contributed by atoms with van der Waals surface area (Å²) in [4.78, 5) is 19.4. The van der Waals surface area contributed by atoms with E-state index in [1.807, 2.05) is 0 Å². The van der Waals surface area contributed by atoms with E-state index in [9.17, 15) is 18.0 Å². The zero-order chi connectivity index (χ0) is 34.3. The molecule has 0 spiro atoms. The lowest BCUT2D eigenvalue weighted by Crippen LogP contribution is -2.34. The molecule has 1 N–H and O–H groups in total. The van der Waals surface area contributed by atoms with Crippen LogP contribution in [0.5, 0.6) is 23.0 Å². The van der Waals surface area contributed by atoms with Gasteiger partial charge in [-0.05, 0) is 92.7 Å². The maximum atomic E-state index is 15.1. The van der Waals surface area contributed by atoms with E-state index in [1.54, 1.807) is 44.5 Å². The van der Waals surface area contributed by atoms with Gasteiger partial charge in [-0.1, -0.05) is 25.1 Å². The van der Waals surface area contributed by atoms with E-state index in [0.29, 0.717) is 51.6 Å². The molecule has 1 saturated heterocycles. The number of carbonyl (C=O) groups is 1. The Bertz CT molecular complexity index is 1750. The van der Waals surface area contributed by atoms with Gasteiger partial charge in [0.05, 0.1) is 36.9 Å². The number of nitrogens with zero attached hydrogens (tertiary/aromatic N) is 3. The van der Waals surface area contributed by atoms with Gasteiger partial charge in [-0.3, -0.25) is 9.78 Å². The molecule has 0 aliphatic carbocycles. The Morgan fingerprint density at radius 2 is 1.75 bits per heavy atom. The summed E-state index contributed by atoms with van der Waals surface area (Å²) in [7, 11) is 1.55. The summed E-state index contributed by atoms with van der Waals surface area (Å²) >= 11 is 0. The Morgan fingerprint density at radius 3 is 2.44 bits per heavy atom. The second-order valence-electron chi connectivity index (χ2n) is 11.9. The van der Waals surface area contributed by atoms with Crippen molar-refractivity contribution in [2.45, 2.75) is 45.7 Å². The van der Waals surface area contributed by atoms with Gasteiger partial charge >= 0.3 is 6.18 Å². The fourth-order valence-corrected chi connectivity index (χ4v) is 5.44. The number of aromatic nitrogens is 1. The van der Waals surface area contributed by atoms with Crippen LogP contribution in [-0.2, 0) is 17.4 Å².